The zero-order valence-corrected chi connectivity index (χ0v) is 18.0. The molecule has 2 atom stereocenters. The van der Waals surface area contributed by atoms with Crippen molar-refractivity contribution in [3.63, 3.8) is 0 Å². The smallest absolute Gasteiger partial charge is 0.196 e. The van der Waals surface area contributed by atoms with E-state index in [1.54, 1.807) is 14.2 Å². The molecule has 2 aliphatic rings. The van der Waals surface area contributed by atoms with Gasteiger partial charge in [-0.15, -0.1) is 0 Å². The summed E-state index contributed by atoms with van der Waals surface area (Å²) in [5.41, 5.74) is 9.31. The first-order valence-corrected chi connectivity index (χ1v) is 10.6. The highest BCUT2D eigenvalue weighted by Crippen LogP contribution is 2.46. The summed E-state index contributed by atoms with van der Waals surface area (Å²) in [6, 6.07) is 22.9. The first kappa shape index (κ1) is 19.5. The monoisotopic (exact) mass is 414 g/mol. The molecule has 1 N–H and O–H groups in total. The number of aryl methyl sites for hydroxylation is 1. The van der Waals surface area contributed by atoms with Crippen molar-refractivity contribution in [1.29, 1.82) is 0 Å². The Morgan fingerprint density at radius 2 is 1.71 bits per heavy atom. The van der Waals surface area contributed by atoms with E-state index >= 15 is 0 Å². The standard InChI is InChI=1S/C26H26N2O3/c1-4-17-9-11-18(12-10-17)21-16-22-20-7-5-6-8-23(20)31-26(28(22)27-21)19-13-14-24(29-2)25(15-19)30-3/h5-16,22,26-27H,4H2,1-3H3/t22-,26-/m1/s1. The van der Waals surface area contributed by atoms with Gasteiger partial charge in [0.25, 0.3) is 0 Å². The van der Waals surface area contributed by atoms with Crippen LogP contribution in [0.3, 0.4) is 0 Å². The van der Waals surface area contributed by atoms with Crippen molar-refractivity contribution in [2.75, 3.05) is 14.2 Å². The van der Waals surface area contributed by atoms with Gasteiger partial charge >= 0.3 is 0 Å². The van der Waals surface area contributed by atoms with Crippen LogP contribution in [-0.4, -0.2) is 19.2 Å². The molecule has 0 spiro atoms. The third kappa shape index (κ3) is 3.41. The Labute approximate surface area is 182 Å². The topological polar surface area (TPSA) is 43.0 Å². The van der Waals surface area contributed by atoms with Crippen LogP contribution in [0.25, 0.3) is 5.70 Å². The van der Waals surface area contributed by atoms with E-state index in [1.165, 1.54) is 5.56 Å². The Bertz CT molecular complexity index is 1120. The van der Waals surface area contributed by atoms with Crippen molar-refractivity contribution in [1.82, 2.24) is 10.4 Å². The van der Waals surface area contributed by atoms with Crippen LogP contribution in [0, 0.1) is 0 Å². The Balaban J connectivity index is 1.54. The number of hydrogen-bond donors (Lipinski definition) is 1. The van der Waals surface area contributed by atoms with Gasteiger partial charge in [-0.2, -0.15) is 5.01 Å². The van der Waals surface area contributed by atoms with E-state index in [-0.39, 0.29) is 12.3 Å². The normalized spacial score (nSPS) is 19.5. The Kier molecular flexibility index (Phi) is 5.04. The maximum Gasteiger partial charge on any atom is 0.196 e. The van der Waals surface area contributed by atoms with E-state index in [1.807, 2.05) is 30.3 Å². The van der Waals surface area contributed by atoms with Gasteiger partial charge in [0.15, 0.2) is 17.7 Å². The minimum Gasteiger partial charge on any atom is -0.493 e. The molecule has 0 amide bonds. The number of para-hydroxylation sites is 1. The number of nitrogens with zero attached hydrogens (tertiary/aromatic N) is 1. The molecule has 0 saturated heterocycles. The van der Waals surface area contributed by atoms with E-state index in [2.05, 4.69) is 59.8 Å². The second kappa shape index (κ2) is 8.00. The highest BCUT2D eigenvalue weighted by molar-refractivity contribution is 5.67. The fourth-order valence-electron chi connectivity index (χ4n) is 4.25. The summed E-state index contributed by atoms with van der Waals surface area (Å²) in [6.45, 7) is 2.17. The van der Waals surface area contributed by atoms with Crippen molar-refractivity contribution >= 4 is 5.70 Å². The fourth-order valence-corrected chi connectivity index (χ4v) is 4.25. The van der Waals surface area contributed by atoms with Gasteiger partial charge in [0, 0.05) is 11.1 Å². The summed E-state index contributed by atoms with van der Waals surface area (Å²) in [5.74, 6) is 2.27. The van der Waals surface area contributed by atoms with Crippen LogP contribution >= 0.6 is 0 Å². The zero-order valence-electron chi connectivity index (χ0n) is 18.0. The van der Waals surface area contributed by atoms with Gasteiger partial charge in [0.05, 0.1) is 26.0 Å². The molecule has 158 valence electrons. The van der Waals surface area contributed by atoms with Crippen LogP contribution in [0.1, 0.15) is 41.4 Å². The van der Waals surface area contributed by atoms with Crippen LogP contribution in [0.4, 0.5) is 0 Å². The number of hydrogen-bond acceptors (Lipinski definition) is 5. The molecule has 5 rings (SSSR count). The number of rotatable bonds is 5. The lowest BCUT2D eigenvalue weighted by molar-refractivity contribution is -0.0327. The van der Waals surface area contributed by atoms with Crippen molar-refractivity contribution in [3.05, 3.63) is 95.1 Å². The van der Waals surface area contributed by atoms with Gasteiger partial charge in [-0.1, -0.05) is 49.4 Å². The summed E-state index contributed by atoms with van der Waals surface area (Å²) in [7, 11) is 3.29. The Morgan fingerprint density at radius 1 is 0.935 bits per heavy atom. The van der Waals surface area contributed by atoms with E-state index in [9.17, 15) is 0 Å². The van der Waals surface area contributed by atoms with Crippen molar-refractivity contribution < 1.29 is 14.2 Å². The molecule has 0 aromatic heterocycles. The minimum atomic E-state index is -0.316. The average molecular weight is 415 g/mol. The molecule has 0 radical (unpaired) electrons. The number of fused-ring (bicyclic) bond motifs is 3. The Morgan fingerprint density at radius 3 is 2.45 bits per heavy atom. The lowest BCUT2D eigenvalue weighted by Gasteiger charge is -2.39. The lowest BCUT2D eigenvalue weighted by atomic mass is 10.0. The summed E-state index contributed by atoms with van der Waals surface area (Å²) >= 11 is 0. The van der Waals surface area contributed by atoms with Crippen LogP contribution in [0.5, 0.6) is 17.2 Å². The molecule has 5 nitrogen and oxygen atoms in total. The van der Waals surface area contributed by atoms with Gasteiger partial charge in [-0.3, -0.25) is 0 Å². The van der Waals surface area contributed by atoms with Crippen molar-refractivity contribution in [3.8, 4) is 17.2 Å². The molecule has 2 aliphatic heterocycles. The second-order valence-electron chi connectivity index (χ2n) is 7.72. The van der Waals surface area contributed by atoms with Crippen molar-refractivity contribution in [2.45, 2.75) is 25.6 Å². The number of nitrogens with one attached hydrogen (secondary N) is 1. The third-order valence-corrected chi connectivity index (χ3v) is 5.97. The molecule has 5 heteroatoms. The van der Waals surface area contributed by atoms with E-state index < -0.39 is 0 Å². The molecule has 0 unspecified atom stereocenters. The Hall–Kier alpha value is -3.44. The number of benzene rings is 3. The predicted octanol–water partition coefficient (Wildman–Crippen LogP) is 5.26. The molecular formula is C26H26N2O3. The molecular weight excluding hydrogens is 388 g/mol. The molecule has 31 heavy (non-hydrogen) atoms. The van der Waals surface area contributed by atoms with Crippen LogP contribution < -0.4 is 19.6 Å². The predicted molar refractivity (Wildman–Crippen MR) is 121 cm³/mol. The van der Waals surface area contributed by atoms with Gasteiger partial charge in [0.1, 0.15) is 5.75 Å². The van der Waals surface area contributed by atoms with Crippen LogP contribution in [-0.2, 0) is 6.42 Å². The summed E-state index contributed by atoms with van der Waals surface area (Å²) in [5, 5.41) is 2.16. The molecule has 3 aromatic rings. The SMILES string of the molecule is CCc1ccc(C2=C[C@@H]3c4ccccc4O[C@H](c4ccc(OC)c(OC)c4)N3N2)cc1. The maximum absolute atomic E-state index is 6.46. The van der Waals surface area contributed by atoms with Crippen LogP contribution in [0.15, 0.2) is 72.8 Å². The van der Waals surface area contributed by atoms with Crippen molar-refractivity contribution in [2.24, 2.45) is 0 Å². The van der Waals surface area contributed by atoms with E-state index in [0.29, 0.717) is 11.5 Å². The number of ether oxygens (including phenoxy) is 3. The van der Waals surface area contributed by atoms with Gasteiger partial charge < -0.3 is 19.6 Å². The largest absolute Gasteiger partial charge is 0.493 e. The molecule has 0 fully saturated rings. The van der Waals surface area contributed by atoms with Gasteiger partial charge in [-0.05, 0) is 47.9 Å². The average Bonchev–Trinajstić information content (AvgIpc) is 3.29. The summed E-state index contributed by atoms with van der Waals surface area (Å²) < 4.78 is 17.4. The molecule has 3 aromatic carbocycles. The third-order valence-electron chi connectivity index (χ3n) is 5.97. The summed E-state index contributed by atoms with van der Waals surface area (Å²) in [6.07, 6.45) is 2.99. The van der Waals surface area contributed by atoms with E-state index in [4.69, 9.17) is 14.2 Å². The molecule has 0 bridgehead atoms. The first-order valence-electron chi connectivity index (χ1n) is 10.6. The van der Waals surface area contributed by atoms with Crippen LogP contribution in [0.2, 0.25) is 0 Å². The first-order chi connectivity index (χ1) is 15.2. The van der Waals surface area contributed by atoms with Gasteiger partial charge in [0.2, 0.25) is 0 Å². The number of hydrazine groups is 1. The molecule has 0 aliphatic carbocycles. The fraction of sp³-hybridized carbons (Fsp3) is 0.231. The van der Waals surface area contributed by atoms with E-state index in [0.717, 1.165) is 34.6 Å². The second-order valence-corrected chi connectivity index (χ2v) is 7.72. The summed E-state index contributed by atoms with van der Waals surface area (Å²) in [4.78, 5) is 0. The minimum absolute atomic E-state index is 0.0592. The quantitative estimate of drug-likeness (QED) is 0.617. The molecule has 0 saturated carbocycles. The zero-order chi connectivity index (χ0) is 21.4. The van der Waals surface area contributed by atoms with Gasteiger partial charge in [-0.25, -0.2) is 0 Å². The highest BCUT2D eigenvalue weighted by atomic mass is 16.5. The lowest BCUT2D eigenvalue weighted by Crippen LogP contribution is -2.43. The molecule has 2 heterocycles. The number of methoxy groups -OCH3 is 2. The maximum atomic E-state index is 6.46. The highest BCUT2D eigenvalue weighted by Gasteiger charge is 2.40.